The minimum atomic E-state index is -4.18. The topological polar surface area (TPSA) is 76.1 Å². The first kappa shape index (κ1) is 23.9. The fourth-order valence-electron chi connectivity index (χ4n) is 3.30. The van der Waals surface area contributed by atoms with Crippen LogP contribution in [-0.4, -0.2) is 32.5 Å². The van der Waals surface area contributed by atoms with Crippen LogP contribution in [0, 0.1) is 6.92 Å². The van der Waals surface area contributed by atoms with Gasteiger partial charge in [0.05, 0.1) is 17.2 Å². The quantitative estimate of drug-likeness (QED) is 0.315. The van der Waals surface area contributed by atoms with Crippen molar-refractivity contribution in [2.75, 3.05) is 17.5 Å². The van der Waals surface area contributed by atoms with Gasteiger partial charge in [0.2, 0.25) is 14.3 Å². The maximum Gasteiger partial charge on any atom is 0.267 e. The fourth-order valence-corrected chi connectivity index (χ4v) is 6.79. The van der Waals surface area contributed by atoms with Crippen molar-refractivity contribution in [2.24, 2.45) is 0 Å². The van der Waals surface area contributed by atoms with Gasteiger partial charge in [-0.25, -0.2) is 12.7 Å². The Morgan fingerprint density at radius 2 is 1.77 bits per heavy atom. The van der Waals surface area contributed by atoms with Crippen molar-refractivity contribution < 1.29 is 22.6 Å². The molecule has 3 rings (SSSR count). The zero-order valence-electron chi connectivity index (χ0n) is 17.5. The van der Waals surface area contributed by atoms with E-state index in [1.54, 1.807) is 45.0 Å². The summed E-state index contributed by atoms with van der Waals surface area (Å²) in [6.07, 6.45) is 0. The summed E-state index contributed by atoms with van der Waals surface area (Å²) in [5, 5.41) is 1.87. The normalized spacial score (nSPS) is 13.8. The molecule has 0 aliphatic carbocycles. The molecular weight excluding hydrogens is 457 g/mol. The highest BCUT2D eigenvalue weighted by Crippen LogP contribution is 2.46. The zero-order valence-corrected chi connectivity index (χ0v) is 20.0. The summed E-state index contributed by atoms with van der Waals surface area (Å²) in [7, 11) is -6.42. The van der Waals surface area contributed by atoms with Crippen LogP contribution in [0.5, 0.6) is 0 Å². The van der Waals surface area contributed by atoms with Crippen LogP contribution >= 0.6 is 20.0 Å². The molecule has 0 aliphatic rings. The highest BCUT2D eigenvalue weighted by molar-refractivity contribution is 7.93. The van der Waals surface area contributed by atoms with E-state index in [1.807, 2.05) is 30.3 Å². The molecule has 1 N–H and O–H groups in total. The van der Waals surface area contributed by atoms with Crippen molar-refractivity contribution in [2.45, 2.75) is 31.6 Å². The minimum Gasteiger partial charge on any atom is -0.349 e. The molecule has 0 bridgehead atoms. The molecule has 0 radical (unpaired) electrons. The number of anilines is 1. The molecule has 2 atom stereocenters. The summed E-state index contributed by atoms with van der Waals surface area (Å²) in [6.45, 7) is 5.63. The smallest absolute Gasteiger partial charge is 0.267 e. The minimum absolute atomic E-state index is 0.00929. The maximum absolute atomic E-state index is 13.9. The van der Waals surface area contributed by atoms with Crippen LogP contribution in [0.1, 0.15) is 19.4 Å². The first-order chi connectivity index (χ1) is 14.8. The van der Waals surface area contributed by atoms with Gasteiger partial charge in [-0.15, -0.1) is 0 Å². The van der Waals surface area contributed by atoms with Gasteiger partial charge in [-0.3, -0.25) is 0 Å². The van der Waals surface area contributed by atoms with Crippen LogP contribution in [-0.2, 0) is 19.3 Å². The average Bonchev–Trinajstić information content (AvgIpc) is 2.73. The molecule has 0 fully saturated rings. The molecule has 0 amide bonds. The number of fused-ring (bicyclic) bond motifs is 1. The Labute approximate surface area is 189 Å². The number of sulfonamides is 1. The first-order valence-corrected chi connectivity index (χ1v) is 12.9. The lowest BCUT2D eigenvalue weighted by Crippen LogP contribution is -2.41. The summed E-state index contributed by atoms with van der Waals surface area (Å²) in [5.74, 6) is -1.24. The van der Waals surface area contributed by atoms with Crippen LogP contribution in [0.25, 0.3) is 10.8 Å². The Morgan fingerprint density at radius 3 is 2.45 bits per heavy atom. The molecule has 166 valence electrons. The third-order valence-electron chi connectivity index (χ3n) is 4.54. The molecule has 9 heteroatoms. The molecule has 0 aliphatic heterocycles. The lowest BCUT2D eigenvalue weighted by molar-refractivity contribution is 0.109. The molecule has 6 nitrogen and oxygen atoms in total. The predicted molar refractivity (Wildman–Crippen MR) is 126 cm³/mol. The summed E-state index contributed by atoms with van der Waals surface area (Å²) in [6, 6.07) is 17.4. The highest BCUT2D eigenvalue weighted by atomic mass is 35.5. The van der Waals surface area contributed by atoms with Crippen molar-refractivity contribution >= 4 is 46.5 Å². The van der Waals surface area contributed by atoms with Crippen molar-refractivity contribution in [3.63, 3.8) is 0 Å². The number of aryl methyl sites for hydroxylation is 1. The molecule has 0 saturated heterocycles. The van der Waals surface area contributed by atoms with Crippen molar-refractivity contribution in [1.29, 1.82) is 0 Å². The van der Waals surface area contributed by atoms with E-state index in [0.29, 0.717) is 21.7 Å². The first-order valence-electron chi connectivity index (χ1n) is 9.81. The monoisotopic (exact) mass is 481 g/mol. The molecule has 0 heterocycles. The van der Waals surface area contributed by atoms with Gasteiger partial charge in [-0.1, -0.05) is 48.0 Å². The third kappa shape index (κ3) is 5.20. The third-order valence-corrected chi connectivity index (χ3v) is 7.94. The summed E-state index contributed by atoms with van der Waals surface area (Å²) in [4.78, 5) is 10.8. The van der Waals surface area contributed by atoms with Gasteiger partial charge in [-0.2, -0.15) is 0 Å². The predicted octanol–water partition coefficient (Wildman–Crippen LogP) is 5.66. The molecule has 0 spiro atoms. The molecule has 2 unspecified atom stereocenters. The number of ether oxygens (including phenoxy) is 1. The van der Waals surface area contributed by atoms with E-state index in [4.69, 9.17) is 20.9 Å². The lowest BCUT2D eigenvalue weighted by Gasteiger charge is -2.34. The lowest BCUT2D eigenvalue weighted by atomic mass is 10.1. The second-order valence-corrected chi connectivity index (χ2v) is 10.3. The van der Waals surface area contributed by atoms with Gasteiger partial charge < -0.3 is 14.2 Å². The van der Waals surface area contributed by atoms with Crippen LogP contribution in [0.4, 0.5) is 5.69 Å². The molecule has 31 heavy (non-hydrogen) atoms. The Balaban J connectivity index is 2.30. The van der Waals surface area contributed by atoms with E-state index in [0.717, 1.165) is 9.69 Å². The standard InChI is InChI=1S/C22H25ClNO5PS/c1-4-28-22(30(25)29-5-2)24(21-12-8-10-17-9-6-7-11-20(17)21)31(26,27)19-14-16(3)13-18(23)15-19/h6-15,22,25H,4-5H2,1-3H3. The van der Waals surface area contributed by atoms with Crippen LogP contribution in [0.3, 0.4) is 0 Å². The Kier molecular flexibility index (Phi) is 7.92. The Hall–Kier alpha value is -1.73. The van der Waals surface area contributed by atoms with Crippen LogP contribution in [0.2, 0.25) is 5.02 Å². The van der Waals surface area contributed by atoms with E-state index < -0.39 is 24.4 Å². The summed E-state index contributed by atoms with van der Waals surface area (Å²) in [5.41, 5.74) is 1.09. The summed E-state index contributed by atoms with van der Waals surface area (Å²) < 4.78 is 40.2. The van der Waals surface area contributed by atoms with Gasteiger partial charge in [0.15, 0.2) is 0 Å². The second-order valence-electron chi connectivity index (χ2n) is 6.77. The van der Waals surface area contributed by atoms with E-state index in [1.165, 1.54) is 6.07 Å². The molecule has 0 aromatic heterocycles. The largest absolute Gasteiger partial charge is 0.349 e. The molecule has 3 aromatic carbocycles. The van der Waals surface area contributed by atoms with Gasteiger partial charge >= 0.3 is 0 Å². The van der Waals surface area contributed by atoms with E-state index >= 15 is 0 Å². The van der Waals surface area contributed by atoms with Crippen LogP contribution < -0.4 is 4.31 Å². The van der Waals surface area contributed by atoms with Crippen molar-refractivity contribution in [3.8, 4) is 0 Å². The van der Waals surface area contributed by atoms with Crippen molar-refractivity contribution in [3.05, 3.63) is 71.2 Å². The number of halogens is 1. The van der Waals surface area contributed by atoms with Gasteiger partial charge in [0.1, 0.15) is 0 Å². The maximum atomic E-state index is 13.9. The molecule has 3 aromatic rings. The van der Waals surface area contributed by atoms with E-state index in [2.05, 4.69) is 0 Å². The van der Waals surface area contributed by atoms with Crippen molar-refractivity contribution in [1.82, 2.24) is 0 Å². The Morgan fingerprint density at radius 1 is 1.06 bits per heavy atom. The van der Waals surface area contributed by atoms with E-state index in [9.17, 15) is 13.3 Å². The Bertz CT molecular complexity index is 1130. The number of nitrogens with zero attached hydrogens (tertiary/aromatic N) is 1. The average molecular weight is 482 g/mol. The summed E-state index contributed by atoms with van der Waals surface area (Å²) >= 11 is 6.17. The van der Waals surface area contributed by atoms with Gasteiger partial charge in [0.25, 0.3) is 10.0 Å². The molecular formula is C22H25ClNO5PS. The van der Waals surface area contributed by atoms with Gasteiger partial charge in [0, 0.05) is 17.0 Å². The number of hydrogen-bond acceptors (Lipinski definition) is 5. The number of rotatable bonds is 9. The van der Waals surface area contributed by atoms with E-state index in [-0.39, 0.29) is 18.1 Å². The second kappa shape index (κ2) is 10.3. The van der Waals surface area contributed by atoms with Gasteiger partial charge in [-0.05, 0) is 56.0 Å². The fraction of sp³-hybridized carbons (Fsp3) is 0.273. The molecule has 0 saturated carbocycles. The SMILES string of the molecule is CCOC(N(c1cccc2ccccc12)S(=O)(=O)c1cc(C)cc(Cl)c1)P(O)OCC. The van der Waals surface area contributed by atoms with Crippen LogP contribution in [0.15, 0.2) is 65.6 Å². The highest BCUT2D eigenvalue weighted by Gasteiger charge is 2.39. The number of benzene rings is 3. The number of hydrogen-bond donors (Lipinski definition) is 1. The zero-order chi connectivity index (χ0) is 22.6.